The second kappa shape index (κ2) is 5.90. The maximum absolute atomic E-state index is 12.4. The Kier molecular flexibility index (Phi) is 4.45. The Morgan fingerprint density at radius 3 is 2.68 bits per heavy atom. The molecular formula is C14H23NO4. The van der Waals surface area contributed by atoms with Gasteiger partial charge in [-0.25, -0.2) is 4.79 Å². The summed E-state index contributed by atoms with van der Waals surface area (Å²) < 4.78 is 5.34. The molecule has 19 heavy (non-hydrogen) atoms. The molecule has 4 atom stereocenters. The fourth-order valence-electron chi connectivity index (χ4n) is 3.53. The number of ether oxygens (including phenoxy) is 1. The van der Waals surface area contributed by atoms with E-state index in [1.54, 1.807) is 11.8 Å². The average molecular weight is 269 g/mol. The number of hydrogen-bond donors (Lipinski definition) is 1. The highest BCUT2D eigenvalue weighted by Gasteiger charge is 2.48. The van der Waals surface area contributed by atoms with Crippen molar-refractivity contribution in [3.05, 3.63) is 0 Å². The monoisotopic (exact) mass is 269 g/mol. The third kappa shape index (κ3) is 2.76. The van der Waals surface area contributed by atoms with Gasteiger partial charge >= 0.3 is 5.97 Å². The average Bonchev–Trinajstić information content (AvgIpc) is 2.77. The van der Waals surface area contributed by atoms with E-state index in [0.29, 0.717) is 18.9 Å². The first kappa shape index (κ1) is 14.3. The number of fused-ring (bicyclic) bond motifs is 1. The van der Waals surface area contributed by atoms with Crippen molar-refractivity contribution in [1.82, 2.24) is 4.90 Å². The van der Waals surface area contributed by atoms with Crippen LogP contribution >= 0.6 is 0 Å². The fraction of sp³-hybridized carbons (Fsp3) is 0.857. The summed E-state index contributed by atoms with van der Waals surface area (Å²) in [5, 5.41) is 9.36. The van der Waals surface area contributed by atoms with Gasteiger partial charge in [-0.1, -0.05) is 12.8 Å². The van der Waals surface area contributed by atoms with Crippen molar-refractivity contribution < 1.29 is 19.4 Å². The maximum Gasteiger partial charge on any atom is 0.326 e. The van der Waals surface area contributed by atoms with Gasteiger partial charge in [0.1, 0.15) is 12.1 Å². The van der Waals surface area contributed by atoms with E-state index in [4.69, 9.17) is 4.74 Å². The molecule has 1 saturated heterocycles. The van der Waals surface area contributed by atoms with Crippen molar-refractivity contribution in [2.75, 3.05) is 6.61 Å². The lowest BCUT2D eigenvalue weighted by molar-refractivity contribution is -0.155. The number of aliphatic carboxylic acids is 1. The summed E-state index contributed by atoms with van der Waals surface area (Å²) in [4.78, 5) is 25.5. The zero-order chi connectivity index (χ0) is 14.0. The van der Waals surface area contributed by atoms with Gasteiger partial charge in [0.2, 0.25) is 0 Å². The Morgan fingerprint density at radius 2 is 2.05 bits per heavy atom. The molecule has 0 unspecified atom stereocenters. The second-order valence-corrected chi connectivity index (χ2v) is 5.54. The minimum absolute atomic E-state index is 0.102. The standard InChI is InChI=1S/C14H23NO4/c1-3-19-9(2)13(16)15-11-7-5-4-6-10(11)8-12(15)14(17)18/h9-12H,3-8H2,1-2H3,(H,17,18)/t9-,10+,11+,12+/m1/s1. The highest BCUT2D eigenvalue weighted by molar-refractivity contribution is 5.87. The smallest absolute Gasteiger partial charge is 0.326 e. The van der Waals surface area contributed by atoms with Crippen LogP contribution in [0.4, 0.5) is 0 Å². The lowest BCUT2D eigenvalue weighted by atomic mass is 9.84. The number of carboxylic acids is 1. The number of amides is 1. The number of hydrogen-bond acceptors (Lipinski definition) is 3. The molecule has 108 valence electrons. The maximum atomic E-state index is 12.4. The number of carbonyl (C=O) groups is 2. The summed E-state index contributed by atoms with van der Waals surface area (Å²) in [6.07, 6.45) is 4.26. The molecular weight excluding hydrogens is 246 g/mol. The van der Waals surface area contributed by atoms with E-state index >= 15 is 0 Å². The molecule has 1 N–H and O–H groups in total. The zero-order valence-corrected chi connectivity index (χ0v) is 11.7. The van der Waals surface area contributed by atoms with E-state index < -0.39 is 18.1 Å². The van der Waals surface area contributed by atoms with Crippen LogP contribution in [0, 0.1) is 5.92 Å². The van der Waals surface area contributed by atoms with Gasteiger partial charge in [0.15, 0.2) is 0 Å². The van der Waals surface area contributed by atoms with Crippen LogP contribution < -0.4 is 0 Å². The number of likely N-dealkylation sites (tertiary alicyclic amines) is 1. The van der Waals surface area contributed by atoms with Gasteiger partial charge in [0, 0.05) is 12.6 Å². The van der Waals surface area contributed by atoms with Gasteiger partial charge in [-0.3, -0.25) is 4.79 Å². The minimum Gasteiger partial charge on any atom is -0.480 e. The highest BCUT2D eigenvalue weighted by Crippen LogP contribution is 2.40. The summed E-state index contributed by atoms with van der Waals surface area (Å²) in [6.45, 7) is 4.01. The molecule has 5 nitrogen and oxygen atoms in total. The van der Waals surface area contributed by atoms with Gasteiger partial charge in [0.05, 0.1) is 0 Å². The Balaban J connectivity index is 2.17. The van der Waals surface area contributed by atoms with Crippen molar-refractivity contribution in [3.63, 3.8) is 0 Å². The third-order valence-electron chi connectivity index (χ3n) is 4.39. The Hall–Kier alpha value is -1.10. The fourth-order valence-corrected chi connectivity index (χ4v) is 3.53. The lowest BCUT2D eigenvalue weighted by Gasteiger charge is -2.34. The summed E-state index contributed by atoms with van der Waals surface area (Å²) in [7, 11) is 0. The van der Waals surface area contributed by atoms with E-state index in [-0.39, 0.29) is 11.9 Å². The molecule has 1 aliphatic heterocycles. The van der Waals surface area contributed by atoms with Gasteiger partial charge in [-0.2, -0.15) is 0 Å². The van der Waals surface area contributed by atoms with Crippen molar-refractivity contribution in [1.29, 1.82) is 0 Å². The number of rotatable bonds is 4. The topological polar surface area (TPSA) is 66.8 Å². The van der Waals surface area contributed by atoms with Crippen LogP contribution in [0.1, 0.15) is 46.0 Å². The van der Waals surface area contributed by atoms with Crippen LogP contribution in [0.15, 0.2) is 0 Å². The van der Waals surface area contributed by atoms with Crippen molar-refractivity contribution >= 4 is 11.9 Å². The summed E-state index contributed by atoms with van der Waals surface area (Å²) in [6, 6.07) is -0.561. The minimum atomic E-state index is -0.883. The highest BCUT2D eigenvalue weighted by atomic mass is 16.5. The third-order valence-corrected chi connectivity index (χ3v) is 4.39. The molecule has 0 aromatic rings. The van der Waals surface area contributed by atoms with Crippen molar-refractivity contribution in [2.45, 2.75) is 64.1 Å². The first-order chi connectivity index (χ1) is 9.06. The summed E-state index contributed by atoms with van der Waals surface area (Å²) in [5.41, 5.74) is 0. The van der Waals surface area contributed by atoms with E-state index in [1.807, 2.05) is 6.92 Å². The Bertz CT molecular complexity index is 357. The molecule has 2 fully saturated rings. The van der Waals surface area contributed by atoms with E-state index in [2.05, 4.69) is 0 Å². The van der Waals surface area contributed by atoms with Gasteiger partial charge in [-0.15, -0.1) is 0 Å². The molecule has 1 aliphatic carbocycles. The molecule has 1 heterocycles. The second-order valence-electron chi connectivity index (χ2n) is 5.54. The van der Waals surface area contributed by atoms with Gasteiger partial charge in [-0.05, 0) is 39.0 Å². The van der Waals surface area contributed by atoms with Crippen LogP contribution in [0.2, 0.25) is 0 Å². The zero-order valence-electron chi connectivity index (χ0n) is 11.7. The first-order valence-electron chi connectivity index (χ1n) is 7.22. The summed E-state index contributed by atoms with van der Waals surface area (Å²) in [5.74, 6) is -0.692. The van der Waals surface area contributed by atoms with Crippen molar-refractivity contribution in [3.8, 4) is 0 Å². The first-order valence-corrected chi connectivity index (χ1v) is 7.22. The predicted molar refractivity (Wildman–Crippen MR) is 69.7 cm³/mol. The van der Waals surface area contributed by atoms with E-state index in [0.717, 1.165) is 25.7 Å². The van der Waals surface area contributed by atoms with Crippen LogP contribution in [-0.4, -0.2) is 46.7 Å². The van der Waals surface area contributed by atoms with Crippen molar-refractivity contribution in [2.24, 2.45) is 5.92 Å². The predicted octanol–water partition coefficient (Wildman–Crippen LogP) is 1.66. The van der Waals surface area contributed by atoms with Crippen LogP contribution in [0.3, 0.4) is 0 Å². The molecule has 2 rings (SSSR count). The number of carboxylic acid groups (broad SMARTS) is 1. The Morgan fingerprint density at radius 1 is 1.37 bits per heavy atom. The molecule has 0 aromatic heterocycles. The Labute approximate surface area is 113 Å². The van der Waals surface area contributed by atoms with Crippen LogP contribution in [0.25, 0.3) is 0 Å². The molecule has 2 aliphatic rings. The lowest BCUT2D eigenvalue weighted by Crippen LogP contribution is -2.50. The van der Waals surface area contributed by atoms with E-state index in [9.17, 15) is 14.7 Å². The van der Waals surface area contributed by atoms with Gasteiger partial charge in [0.25, 0.3) is 5.91 Å². The van der Waals surface area contributed by atoms with Crippen LogP contribution in [-0.2, 0) is 14.3 Å². The molecule has 0 bridgehead atoms. The largest absolute Gasteiger partial charge is 0.480 e. The molecule has 1 amide bonds. The molecule has 5 heteroatoms. The van der Waals surface area contributed by atoms with Gasteiger partial charge < -0.3 is 14.7 Å². The summed E-state index contributed by atoms with van der Waals surface area (Å²) >= 11 is 0. The molecule has 0 aromatic carbocycles. The SMILES string of the molecule is CCO[C@H](C)C(=O)N1[C@H](C(=O)O)C[C@@H]2CCCC[C@@H]21. The number of carbonyl (C=O) groups excluding carboxylic acids is 1. The molecule has 0 spiro atoms. The van der Waals surface area contributed by atoms with E-state index in [1.165, 1.54) is 0 Å². The molecule has 0 radical (unpaired) electrons. The quantitative estimate of drug-likeness (QED) is 0.842. The molecule has 1 saturated carbocycles. The number of nitrogens with zero attached hydrogens (tertiary/aromatic N) is 1. The normalized spacial score (nSPS) is 31.9. The van der Waals surface area contributed by atoms with Crippen LogP contribution in [0.5, 0.6) is 0 Å².